The predicted molar refractivity (Wildman–Crippen MR) is 375 cm³/mol. The number of nitrogens with one attached hydrogen (secondary N) is 8. The van der Waals surface area contributed by atoms with Gasteiger partial charge in [0.2, 0.25) is 53.2 Å². The summed E-state index contributed by atoms with van der Waals surface area (Å²) in [6.45, 7) is 4.29. The maximum atomic E-state index is 14.9. The van der Waals surface area contributed by atoms with Crippen molar-refractivity contribution in [1.82, 2.24) is 52.4 Å². The minimum absolute atomic E-state index is 0.0173. The molecule has 0 aliphatic carbocycles. The van der Waals surface area contributed by atoms with Crippen molar-refractivity contribution in [2.75, 3.05) is 26.2 Å². The highest BCUT2D eigenvalue weighted by atomic mass is 16.4. The van der Waals surface area contributed by atoms with Gasteiger partial charge in [-0.1, -0.05) is 105 Å². The molecule has 21 N–H and O–H groups in total. The van der Waals surface area contributed by atoms with Gasteiger partial charge in [0, 0.05) is 51.3 Å². The number of rotatable bonds is 39. The SMILES string of the molecule is CC(C)C[C@H](NC(=O)[C@@H](CCCCN=C(N)N)NC(=O)[C@H](Cc1ccc(O)cc1)NC(=O)[C@H](CO)NC(=O)[C@@H](Cc1cccnc1)NC(=O)[C@@H](Cc1ccccc1)NC(=O)[C@H](N)Cc1ccc2ccccc2c1)C(=O)N[C@@H](CCCCN=C(N)N)C(=O)N1CCC[C@H]1C(=O)N[C@H](C)C(=O)O. The molecule has 30 nitrogen and oxygen atoms in total. The number of hydrogen-bond donors (Lipinski definition) is 16. The van der Waals surface area contributed by atoms with Gasteiger partial charge in [-0.3, -0.25) is 62.9 Å². The van der Waals surface area contributed by atoms with Gasteiger partial charge in [0.05, 0.1) is 12.6 Å². The van der Waals surface area contributed by atoms with Crippen LogP contribution in [0, 0.1) is 5.92 Å². The maximum Gasteiger partial charge on any atom is 0.325 e. The standard InChI is InChI=1S/C70H95N17O13/c1-41(2)33-53(61(92)81-52(21-10-12-31-78-70(74)75)67(98)87-32-14-22-58(87)66(97)79-42(3)68(99)100)83-60(91)51(20-9-11-30-77-69(72)73)80-62(93)55(37-44-24-27-49(89)28-25-44)85-65(96)57(40-88)86-64(95)56(38-46-17-13-29-76-39-46)84-63(94)54(36-43-15-5-4-6-16-43)82-59(90)50(71)35-45-23-26-47-18-7-8-19-48(47)34-45/h4-8,13,15-19,23-29,34,39,41-42,50-58,88-89H,9-12,14,20-22,30-33,35-38,40,71H2,1-3H3,(H,79,97)(H,80,93)(H,81,92)(H,82,90)(H,83,91)(H,84,94)(H,85,96)(H,86,95)(H,99,100)(H4,72,73,77)(H4,74,75,78)/t42-,50-,51-,52+,53+,54-,55+,56-,57+,58+/m1/s1. The maximum absolute atomic E-state index is 14.9. The van der Waals surface area contributed by atoms with E-state index in [1.165, 1.54) is 48.5 Å². The molecule has 0 spiro atoms. The van der Waals surface area contributed by atoms with Crippen molar-refractivity contribution in [2.45, 2.75) is 165 Å². The highest BCUT2D eigenvalue weighted by molar-refractivity contribution is 5.99. The Bertz CT molecular complexity index is 3630. The van der Waals surface area contributed by atoms with Crippen LogP contribution in [0.3, 0.4) is 0 Å². The van der Waals surface area contributed by atoms with Crippen LogP contribution in [0.15, 0.2) is 132 Å². The van der Waals surface area contributed by atoms with Gasteiger partial charge in [-0.25, -0.2) is 0 Å². The quantitative estimate of drug-likeness (QED) is 0.0133. The number of hydrogen-bond acceptors (Lipinski definition) is 16. The lowest BCUT2D eigenvalue weighted by Gasteiger charge is -2.31. The number of aliphatic carboxylic acids is 1. The number of fused-ring (bicyclic) bond motifs is 1. The Morgan fingerprint density at radius 1 is 0.530 bits per heavy atom. The van der Waals surface area contributed by atoms with Gasteiger partial charge in [0.1, 0.15) is 60.1 Å². The molecule has 0 unspecified atom stereocenters. The minimum atomic E-state index is -1.79. The Labute approximate surface area is 580 Å². The van der Waals surface area contributed by atoms with Gasteiger partial charge >= 0.3 is 5.97 Å². The molecule has 1 aromatic heterocycles. The molecular formula is C70H95N17O13. The van der Waals surface area contributed by atoms with Crippen LogP contribution in [-0.4, -0.2) is 183 Å². The highest BCUT2D eigenvalue weighted by Gasteiger charge is 2.40. The van der Waals surface area contributed by atoms with Crippen LogP contribution in [0.2, 0.25) is 0 Å². The fourth-order valence-electron chi connectivity index (χ4n) is 11.4. The number of carboxylic acid groups (broad SMARTS) is 1. The summed E-state index contributed by atoms with van der Waals surface area (Å²) in [5.74, 6) is -9.38. The number of carboxylic acids is 1. The number of aromatic hydroxyl groups is 1. The van der Waals surface area contributed by atoms with Gasteiger partial charge in [0.25, 0.3) is 0 Å². The molecule has 1 aliphatic rings. The lowest BCUT2D eigenvalue weighted by atomic mass is 10.00. The third-order valence-electron chi connectivity index (χ3n) is 16.7. The number of aliphatic hydroxyl groups excluding tert-OH is 1. The number of unbranched alkanes of at least 4 members (excludes halogenated alkanes) is 2. The van der Waals surface area contributed by atoms with E-state index in [0.717, 1.165) is 16.3 Å². The second-order valence-electron chi connectivity index (χ2n) is 25.2. The van der Waals surface area contributed by atoms with Gasteiger partial charge in [-0.05, 0) is 128 Å². The summed E-state index contributed by atoms with van der Waals surface area (Å²) in [6.07, 6.45) is 4.39. The number of aliphatic hydroxyl groups is 1. The number of phenolic OH excluding ortho intramolecular Hbond substituents is 1. The molecule has 9 amide bonds. The molecule has 1 saturated heterocycles. The van der Waals surface area contributed by atoms with Crippen molar-refractivity contribution in [3.63, 3.8) is 0 Å². The van der Waals surface area contributed by atoms with E-state index in [1.54, 1.807) is 56.3 Å². The molecule has 0 radical (unpaired) electrons. The molecule has 2 heterocycles. The first-order valence-electron chi connectivity index (χ1n) is 33.4. The number of likely N-dealkylation sites (tertiary alicyclic amines) is 1. The smallest absolute Gasteiger partial charge is 0.325 e. The van der Waals surface area contributed by atoms with Crippen LogP contribution in [0.4, 0.5) is 0 Å². The average molecular weight is 1380 g/mol. The Balaban J connectivity index is 1.24. The molecular weight excluding hydrogens is 1290 g/mol. The lowest BCUT2D eigenvalue weighted by Crippen LogP contribution is -2.61. The van der Waals surface area contributed by atoms with Crippen LogP contribution < -0.4 is 71.2 Å². The van der Waals surface area contributed by atoms with E-state index in [1.807, 2.05) is 42.5 Å². The van der Waals surface area contributed by atoms with Gasteiger partial charge in [-0.2, -0.15) is 0 Å². The third kappa shape index (κ3) is 25.6. The monoisotopic (exact) mass is 1380 g/mol. The zero-order chi connectivity index (χ0) is 72.8. The molecule has 538 valence electrons. The van der Waals surface area contributed by atoms with Crippen molar-refractivity contribution in [2.24, 2.45) is 44.6 Å². The number of carbonyl (C=O) groups is 10. The number of benzene rings is 4. The van der Waals surface area contributed by atoms with Crippen LogP contribution >= 0.6 is 0 Å². The first-order chi connectivity index (χ1) is 47.8. The summed E-state index contributed by atoms with van der Waals surface area (Å²) in [6, 6.07) is 17.6. The first kappa shape index (κ1) is 78.2. The van der Waals surface area contributed by atoms with E-state index in [0.29, 0.717) is 42.4 Å². The summed E-state index contributed by atoms with van der Waals surface area (Å²) in [4.78, 5) is 155. The number of guanidine groups is 2. The molecule has 6 rings (SSSR count). The summed E-state index contributed by atoms with van der Waals surface area (Å²) in [7, 11) is 0. The van der Waals surface area contributed by atoms with Crippen LogP contribution in [0.5, 0.6) is 5.75 Å². The second-order valence-corrected chi connectivity index (χ2v) is 25.2. The van der Waals surface area contributed by atoms with Crippen molar-refractivity contribution >= 4 is 81.8 Å². The van der Waals surface area contributed by atoms with Crippen LogP contribution in [-0.2, 0) is 73.6 Å². The van der Waals surface area contributed by atoms with Crippen LogP contribution in [0.25, 0.3) is 10.8 Å². The van der Waals surface area contributed by atoms with E-state index >= 15 is 0 Å². The van der Waals surface area contributed by atoms with Crippen LogP contribution in [0.1, 0.15) is 101 Å². The molecule has 100 heavy (non-hydrogen) atoms. The molecule has 0 saturated carbocycles. The minimum Gasteiger partial charge on any atom is -0.508 e. The Hall–Kier alpha value is -10.7. The topological polar surface area (TPSA) is 499 Å². The van der Waals surface area contributed by atoms with Gasteiger partial charge in [-0.15, -0.1) is 0 Å². The van der Waals surface area contributed by atoms with E-state index in [2.05, 4.69) is 57.5 Å². The van der Waals surface area contributed by atoms with Gasteiger partial charge in [0.15, 0.2) is 11.9 Å². The number of aromatic nitrogens is 1. The largest absolute Gasteiger partial charge is 0.508 e. The molecule has 10 atom stereocenters. The van der Waals surface area contributed by atoms with Crippen molar-refractivity contribution in [3.05, 3.63) is 144 Å². The summed E-state index contributed by atoms with van der Waals surface area (Å²) >= 11 is 0. The van der Waals surface area contributed by atoms with Gasteiger partial charge < -0.3 is 91.4 Å². The first-order valence-corrected chi connectivity index (χ1v) is 33.4. The van der Waals surface area contributed by atoms with Crippen molar-refractivity contribution in [1.29, 1.82) is 0 Å². The van der Waals surface area contributed by atoms with E-state index < -0.39 is 126 Å². The van der Waals surface area contributed by atoms with E-state index in [-0.39, 0.29) is 101 Å². The Kier molecular flexibility index (Phi) is 31.0. The zero-order valence-corrected chi connectivity index (χ0v) is 56.5. The number of amides is 9. The molecule has 30 heteroatoms. The lowest BCUT2D eigenvalue weighted by molar-refractivity contribution is -0.144. The number of aliphatic imine (C=N–C) groups is 2. The van der Waals surface area contributed by atoms with Crippen molar-refractivity contribution < 1.29 is 63.3 Å². The molecule has 0 bridgehead atoms. The third-order valence-corrected chi connectivity index (χ3v) is 16.7. The summed E-state index contributed by atoms with van der Waals surface area (Å²) < 4.78 is 0. The highest BCUT2D eigenvalue weighted by Crippen LogP contribution is 2.22. The number of phenols is 1. The predicted octanol–water partition coefficient (Wildman–Crippen LogP) is -0.562. The Morgan fingerprint density at radius 2 is 1.01 bits per heavy atom. The summed E-state index contributed by atoms with van der Waals surface area (Å²) in [5.41, 5.74) is 31.0. The molecule has 1 fully saturated rings. The number of nitrogens with zero attached hydrogens (tertiary/aromatic N) is 4. The zero-order valence-electron chi connectivity index (χ0n) is 56.5. The van der Waals surface area contributed by atoms with E-state index in [9.17, 15) is 63.3 Å². The number of pyridine rings is 1. The fourth-order valence-corrected chi connectivity index (χ4v) is 11.4. The number of carbonyl (C=O) groups excluding carboxylic acids is 9. The molecule has 4 aromatic carbocycles. The van der Waals surface area contributed by atoms with Crippen molar-refractivity contribution in [3.8, 4) is 5.75 Å². The molecule has 5 aromatic rings. The number of nitrogens with two attached hydrogens (primary N) is 5. The average Bonchev–Trinajstić information content (AvgIpc) is 1.61. The molecule has 1 aliphatic heterocycles. The fraction of sp³-hybridized carbons (Fsp3) is 0.443. The normalized spacial score (nSPS) is 15.3. The van der Waals surface area contributed by atoms with E-state index in [4.69, 9.17) is 28.7 Å². The Morgan fingerprint density at radius 3 is 1.58 bits per heavy atom. The summed E-state index contributed by atoms with van der Waals surface area (Å²) in [5, 5.41) is 53.9. The second kappa shape index (κ2) is 39.6.